The van der Waals surface area contributed by atoms with Gasteiger partial charge >= 0.3 is 0 Å². The fourth-order valence-electron chi connectivity index (χ4n) is 4.41. The van der Waals surface area contributed by atoms with Crippen LogP contribution in [0.3, 0.4) is 0 Å². The number of rotatable bonds is 0. The Hall–Kier alpha value is -1.64. The van der Waals surface area contributed by atoms with Crippen LogP contribution in [0.5, 0.6) is 0 Å². The number of allylic oxidation sites excluding steroid dienone is 3. The highest BCUT2D eigenvalue weighted by Crippen LogP contribution is 2.49. The maximum absolute atomic E-state index is 5.97. The quantitative estimate of drug-likeness (QED) is 0.625. The third kappa shape index (κ3) is 1.06. The second-order valence-electron chi connectivity index (χ2n) is 6.38. The lowest BCUT2D eigenvalue weighted by Gasteiger charge is -2.29. The van der Waals surface area contributed by atoms with Crippen LogP contribution in [0.25, 0.3) is 0 Å². The lowest BCUT2D eigenvalue weighted by molar-refractivity contribution is 0.127. The first-order valence-corrected chi connectivity index (χ1v) is 7.42. The Morgan fingerprint density at radius 2 is 1.55 bits per heavy atom. The molecule has 5 atom stereocenters. The van der Waals surface area contributed by atoms with Gasteiger partial charge in [-0.05, 0) is 34.3 Å². The summed E-state index contributed by atoms with van der Waals surface area (Å²) in [6, 6.07) is 0. The summed E-state index contributed by atoms with van der Waals surface area (Å²) in [5.41, 5.74) is 7.14. The SMILES string of the molecule is C1=CC2OC1C1=CC3=CC4=C(CC3C=C12)C1C=CC4O1. The molecule has 2 aliphatic carbocycles. The summed E-state index contributed by atoms with van der Waals surface area (Å²) in [6.45, 7) is 0. The van der Waals surface area contributed by atoms with Gasteiger partial charge in [0.05, 0.1) is 6.10 Å². The molecule has 6 rings (SSSR count). The smallest absolute Gasteiger partial charge is 0.102 e. The van der Waals surface area contributed by atoms with Crippen molar-refractivity contribution in [1.82, 2.24) is 0 Å². The monoisotopic (exact) mass is 262 g/mol. The van der Waals surface area contributed by atoms with Crippen molar-refractivity contribution < 1.29 is 9.47 Å². The lowest BCUT2D eigenvalue weighted by Crippen LogP contribution is -2.19. The van der Waals surface area contributed by atoms with E-state index in [9.17, 15) is 0 Å². The maximum Gasteiger partial charge on any atom is 0.102 e. The summed E-state index contributed by atoms with van der Waals surface area (Å²) in [4.78, 5) is 0. The highest BCUT2D eigenvalue weighted by Gasteiger charge is 2.43. The molecule has 4 aliphatic heterocycles. The number of hydrogen-bond acceptors (Lipinski definition) is 2. The molecule has 4 heterocycles. The average Bonchev–Trinajstić information content (AvgIpc) is 3.23. The fourth-order valence-corrected chi connectivity index (χ4v) is 4.41. The van der Waals surface area contributed by atoms with E-state index in [-0.39, 0.29) is 24.4 Å². The van der Waals surface area contributed by atoms with Gasteiger partial charge in [-0.25, -0.2) is 0 Å². The van der Waals surface area contributed by atoms with E-state index in [1.807, 2.05) is 0 Å². The third-order valence-corrected chi connectivity index (χ3v) is 5.37. The van der Waals surface area contributed by atoms with Gasteiger partial charge in [-0.2, -0.15) is 0 Å². The van der Waals surface area contributed by atoms with Gasteiger partial charge in [0.15, 0.2) is 0 Å². The van der Waals surface area contributed by atoms with Crippen molar-refractivity contribution in [2.75, 3.05) is 0 Å². The molecule has 98 valence electrons. The number of fused-ring (bicyclic) bond motifs is 10. The summed E-state index contributed by atoms with van der Waals surface area (Å²) in [6.07, 6.45) is 17.9. The van der Waals surface area contributed by atoms with Crippen LogP contribution in [0.15, 0.2) is 70.4 Å². The van der Waals surface area contributed by atoms with E-state index < -0.39 is 0 Å². The van der Waals surface area contributed by atoms with E-state index in [0.29, 0.717) is 5.92 Å². The topological polar surface area (TPSA) is 18.5 Å². The molecular formula is C18H14O2. The van der Waals surface area contributed by atoms with Gasteiger partial charge in [0.2, 0.25) is 0 Å². The second kappa shape index (κ2) is 3.16. The van der Waals surface area contributed by atoms with Crippen molar-refractivity contribution in [3.63, 3.8) is 0 Å². The Kier molecular flexibility index (Phi) is 1.60. The Balaban J connectivity index is 1.49. The molecule has 20 heavy (non-hydrogen) atoms. The van der Waals surface area contributed by atoms with Gasteiger partial charge in [-0.1, -0.05) is 42.5 Å². The van der Waals surface area contributed by atoms with E-state index >= 15 is 0 Å². The van der Waals surface area contributed by atoms with Crippen molar-refractivity contribution in [1.29, 1.82) is 0 Å². The molecule has 0 spiro atoms. The summed E-state index contributed by atoms with van der Waals surface area (Å²) < 4.78 is 11.9. The largest absolute Gasteiger partial charge is 0.358 e. The molecule has 0 amide bonds. The predicted octanol–water partition coefficient (Wildman–Crippen LogP) is 2.77. The molecule has 1 saturated heterocycles. The van der Waals surface area contributed by atoms with Gasteiger partial charge in [-0.15, -0.1) is 0 Å². The Labute approximate surface area is 117 Å². The Morgan fingerprint density at radius 3 is 2.50 bits per heavy atom. The molecule has 0 saturated carbocycles. The molecule has 5 unspecified atom stereocenters. The van der Waals surface area contributed by atoms with Gasteiger partial charge < -0.3 is 9.47 Å². The van der Waals surface area contributed by atoms with E-state index in [4.69, 9.17) is 9.47 Å². The number of ether oxygens (including phenoxy) is 2. The minimum atomic E-state index is 0.194. The zero-order valence-corrected chi connectivity index (χ0v) is 11.0. The number of hydrogen-bond donors (Lipinski definition) is 0. The van der Waals surface area contributed by atoms with Gasteiger partial charge in [-0.3, -0.25) is 0 Å². The maximum atomic E-state index is 5.97. The summed E-state index contributed by atoms with van der Waals surface area (Å²) in [5.74, 6) is 0.514. The van der Waals surface area contributed by atoms with Crippen LogP contribution >= 0.6 is 0 Å². The molecule has 2 heteroatoms. The van der Waals surface area contributed by atoms with E-state index in [1.165, 1.54) is 27.9 Å². The van der Waals surface area contributed by atoms with Gasteiger partial charge in [0, 0.05) is 5.92 Å². The molecule has 4 bridgehead atoms. The molecule has 2 nitrogen and oxygen atoms in total. The summed E-state index contributed by atoms with van der Waals surface area (Å²) >= 11 is 0. The highest BCUT2D eigenvalue weighted by molar-refractivity contribution is 5.61. The first-order valence-electron chi connectivity index (χ1n) is 7.42. The van der Waals surface area contributed by atoms with Crippen LogP contribution in [0, 0.1) is 5.92 Å². The predicted molar refractivity (Wildman–Crippen MR) is 75.0 cm³/mol. The Bertz CT molecular complexity index is 729. The second-order valence-corrected chi connectivity index (χ2v) is 6.38. The molecule has 0 N–H and O–H groups in total. The highest BCUT2D eigenvalue weighted by atomic mass is 16.5. The van der Waals surface area contributed by atoms with Crippen molar-refractivity contribution >= 4 is 0 Å². The standard InChI is InChI=1S/C18H14O2/c1-2-16-12-6-10-8-14-13(17-3-4-18(14)20-17)7-9(10)5-11(12)15(1)19-16/h1-7,10,15-18H,8H2. The van der Waals surface area contributed by atoms with Crippen LogP contribution in [0.4, 0.5) is 0 Å². The lowest BCUT2D eigenvalue weighted by atomic mass is 9.74. The molecule has 0 aromatic heterocycles. The zero-order chi connectivity index (χ0) is 12.8. The molecule has 0 aromatic carbocycles. The normalized spacial score (nSPS) is 45.2. The van der Waals surface area contributed by atoms with Crippen molar-refractivity contribution in [3.8, 4) is 0 Å². The van der Waals surface area contributed by atoms with Crippen LogP contribution < -0.4 is 0 Å². The van der Waals surface area contributed by atoms with Crippen LogP contribution in [0.2, 0.25) is 0 Å². The third-order valence-electron chi connectivity index (χ3n) is 5.37. The molecule has 0 radical (unpaired) electrons. The minimum Gasteiger partial charge on any atom is -0.358 e. The average molecular weight is 262 g/mol. The fraction of sp³-hybridized carbons (Fsp3) is 0.333. The zero-order valence-electron chi connectivity index (χ0n) is 11.0. The first kappa shape index (κ1) is 10.1. The molecular weight excluding hydrogens is 248 g/mol. The van der Waals surface area contributed by atoms with E-state index in [1.54, 1.807) is 0 Å². The summed E-state index contributed by atoms with van der Waals surface area (Å²) in [5, 5.41) is 0. The van der Waals surface area contributed by atoms with Crippen LogP contribution in [0.1, 0.15) is 6.42 Å². The molecule has 0 aromatic rings. The van der Waals surface area contributed by atoms with Crippen LogP contribution in [-0.4, -0.2) is 24.4 Å². The first-order chi connectivity index (χ1) is 9.87. The minimum absolute atomic E-state index is 0.194. The van der Waals surface area contributed by atoms with Crippen LogP contribution in [-0.2, 0) is 9.47 Å². The Morgan fingerprint density at radius 1 is 0.800 bits per heavy atom. The molecule has 1 fully saturated rings. The van der Waals surface area contributed by atoms with E-state index in [2.05, 4.69) is 42.5 Å². The van der Waals surface area contributed by atoms with Gasteiger partial charge in [0.25, 0.3) is 0 Å². The van der Waals surface area contributed by atoms with Crippen molar-refractivity contribution in [2.45, 2.75) is 30.8 Å². The van der Waals surface area contributed by atoms with Crippen molar-refractivity contribution in [3.05, 3.63) is 70.4 Å². The van der Waals surface area contributed by atoms with Gasteiger partial charge in [0.1, 0.15) is 18.3 Å². The van der Waals surface area contributed by atoms with Crippen molar-refractivity contribution in [2.24, 2.45) is 5.92 Å². The summed E-state index contributed by atoms with van der Waals surface area (Å²) in [7, 11) is 0. The van der Waals surface area contributed by atoms with E-state index in [0.717, 1.165) is 6.42 Å². The molecule has 6 aliphatic rings.